The lowest BCUT2D eigenvalue weighted by Gasteiger charge is -2.18. The first-order valence-electron chi connectivity index (χ1n) is 9.03. The quantitative estimate of drug-likeness (QED) is 0.446. The Morgan fingerprint density at radius 2 is 1.83 bits per heavy atom. The number of hydrogen-bond donors (Lipinski definition) is 3. The van der Waals surface area contributed by atoms with Gasteiger partial charge in [0.1, 0.15) is 0 Å². The lowest BCUT2D eigenvalue weighted by molar-refractivity contribution is -0.137. The highest BCUT2D eigenvalue weighted by atomic mass is 19.4. The monoisotopic (exact) mass is 405 g/mol. The van der Waals surface area contributed by atoms with Crippen LogP contribution in [-0.4, -0.2) is 24.1 Å². The van der Waals surface area contributed by atoms with E-state index in [-0.39, 0.29) is 5.91 Å². The second-order valence-corrected chi connectivity index (χ2v) is 6.72. The zero-order valence-corrected chi connectivity index (χ0v) is 16.0. The minimum absolute atomic E-state index is 0.224. The summed E-state index contributed by atoms with van der Waals surface area (Å²) in [4.78, 5) is 12.3. The number of carbonyl (C=O) groups is 1. The molecule has 3 rings (SSSR count). The van der Waals surface area contributed by atoms with E-state index in [0.29, 0.717) is 40.2 Å². The van der Waals surface area contributed by atoms with Gasteiger partial charge in [0.2, 0.25) is 0 Å². The third kappa shape index (κ3) is 3.86. The van der Waals surface area contributed by atoms with Crippen LogP contribution in [0, 0.1) is 0 Å². The Kier molecular flexibility index (Phi) is 5.43. The van der Waals surface area contributed by atoms with Gasteiger partial charge >= 0.3 is 6.18 Å². The second kappa shape index (κ2) is 7.67. The van der Waals surface area contributed by atoms with Crippen molar-refractivity contribution < 1.29 is 18.0 Å². The van der Waals surface area contributed by atoms with Crippen molar-refractivity contribution in [1.29, 1.82) is 0 Å². The summed E-state index contributed by atoms with van der Waals surface area (Å²) < 4.78 is 40.4. The largest absolute Gasteiger partial charge is 0.416 e. The number of rotatable bonds is 5. The molecule has 0 saturated heterocycles. The van der Waals surface area contributed by atoms with Gasteiger partial charge in [-0.2, -0.15) is 13.2 Å². The van der Waals surface area contributed by atoms with Crippen LogP contribution in [0.2, 0.25) is 0 Å². The number of nitrogens with one attached hydrogen (secondary N) is 1. The van der Waals surface area contributed by atoms with Crippen LogP contribution >= 0.6 is 0 Å². The molecule has 2 aromatic carbocycles. The van der Waals surface area contributed by atoms with Gasteiger partial charge < -0.3 is 11.1 Å². The summed E-state index contributed by atoms with van der Waals surface area (Å²) in [7, 11) is 1.58. The molecule has 0 bridgehead atoms. The Morgan fingerprint density at radius 1 is 1.17 bits per heavy atom. The van der Waals surface area contributed by atoms with Crippen molar-refractivity contribution in [3.63, 3.8) is 0 Å². The molecule has 0 fully saturated rings. The summed E-state index contributed by atoms with van der Waals surface area (Å²) in [6.45, 7) is 2.50. The molecule has 0 aliphatic rings. The SMILES string of the molecule is CCCNC(=O)c1ccc2c(c1)c(N)c(N(C)N)n2-c1ccc(C(F)(F)F)cc1. The predicted octanol–water partition coefficient (Wildman–Crippen LogP) is 3.68. The van der Waals surface area contributed by atoms with E-state index in [9.17, 15) is 18.0 Å². The van der Waals surface area contributed by atoms with Crippen molar-refractivity contribution in [2.75, 3.05) is 24.3 Å². The van der Waals surface area contributed by atoms with Crippen LogP contribution in [0.1, 0.15) is 29.3 Å². The van der Waals surface area contributed by atoms with Crippen molar-refractivity contribution >= 4 is 28.3 Å². The van der Waals surface area contributed by atoms with Crippen LogP contribution < -0.4 is 21.9 Å². The molecule has 0 spiro atoms. The Hall–Kier alpha value is -3.20. The summed E-state index contributed by atoms with van der Waals surface area (Å²) in [5.74, 6) is 6.14. The fourth-order valence-corrected chi connectivity index (χ4v) is 3.19. The zero-order valence-electron chi connectivity index (χ0n) is 16.0. The number of alkyl halides is 3. The Bertz CT molecular complexity index is 1040. The van der Waals surface area contributed by atoms with Crippen LogP contribution in [0.4, 0.5) is 24.7 Å². The molecule has 3 aromatic rings. The minimum Gasteiger partial charge on any atom is -0.395 e. The fraction of sp³-hybridized carbons (Fsp3) is 0.250. The topological polar surface area (TPSA) is 89.3 Å². The van der Waals surface area contributed by atoms with Gasteiger partial charge in [0.15, 0.2) is 5.82 Å². The third-order valence-corrected chi connectivity index (χ3v) is 4.56. The second-order valence-electron chi connectivity index (χ2n) is 6.72. The number of amides is 1. The van der Waals surface area contributed by atoms with Crippen molar-refractivity contribution in [3.05, 3.63) is 53.6 Å². The highest BCUT2D eigenvalue weighted by Crippen LogP contribution is 2.38. The molecule has 0 unspecified atom stereocenters. The van der Waals surface area contributed by atoms with Gasteiger partial charge in [-0.15, -0.1) is 0 Å². The minimum atomic E-state index is -4.43. The smallest absolute Gasteiger partial charge is 0.395 e. The number of benzene rings is 2. The maximum atomic E-state index is 12.9. The van der Waals surface area contributed by atoms with Crippen molar-refractivity contribution in [2.45, 2.75) is 19.5 Å². The summed E-state index contributed by atoms with van der Waals surface area (Å²) in [5.41, 5.74) is 7.41. The number of carbonyl (C=O) groups excluding carboxylic acids is 1. The molecule has 1 amide bonds. The molecule has 154 valence electrons. The molecule has 1 aromatic heterocycles. The van der Waals surface area contributed by atoms with Crippen LogP contribution in [0.3, 0.4) is 0 Å². The Labute approximate surface area is 165 Å². The van der Waals surface area contributed by atoms with Crippen LogP contribution in [0.25, 0.3) is 16.6 Å². The van der Waals surface area contributed by atoms with Crippen molar-refractivity contribution in [2.24, 2.45) is 5.84 Å². The number of anilines is 2. The van der Waals surface area contributed by atoms with Crippen LogP contribution in [0.5, 0.6) is 0 Å². The Balaban J connectivity index is 2.16. The summed E-state index contributed by atoms with van der Waals surface area (Å²) in [6, 6.07) is 9.73. The average molecular weight is 405 g/mol. The van der Waals surface area contributed by atoms with Crippen molar-refractivity contribution in [1.82, 2.24) is 9.88 Å². The fourth-order valence-electron chi connectivity index (χ4n) is 3.19. The van der Waals surface area contributed by atoms with E-state index in [2.05, 4.69) is 5.32 Å². The maximum Gasteiger partial charge on any atom is 0.416 e. The average Bonchev–Trinajstić information content (AvgIpc) is 2.97. The Morgan fingerprint density at radius 3 is 2.38 bits per heavy atom. The molecular formula is C20H22F3N5O. The van der Waals surface area contributed by atoms with Crippen LogP contribution in [-0.2, 0) is 6.18 Å². The zero-order chi connectivity index (χ0) is 21.3. The molecule has 0 aliphatic heterocycles. The highest BCUT2D eigenvalue weighted by Gasteiger charge is 2.30. The van der Waals surface area contributed by atoms with E-state index < -0.39 is 11.7 Å². The van der Waals surface area contributed by atoms with Gasteiger partial charge in [-0.25, -0.2) is 5.84 Å². The normalized spacial score (nSPS) is 11.7. The van der Waals surface area contributed by atoms with E-state index in [1.165, 1.54) is 17.1 Å². The van der Waals surface area contributed by atoms with E-state index in [1.807, 2.05) is 6.92 Å². The van der Waals surface area contributed by atoms with E-state index in [4.69, 9.17) is 11.6 Å². The molecule has 29 heavy (non-hydrogen) atoms. The number of hydrogen-bond acceptors (Lipinski definition) is 4. The highest BCUT2D eigenvalue weighted by molar-refractivity contribution is 6.05. The predicted molar refractivity (Wildman–Crippen MR) is 108 cm³/mol. The standard InChI is InChI=1S/C20H22F3N5O/c1-3-10-26-18(29)12-4-9-16-15(11-12)17(24)19(27(2)25)28(16)14-7-5-13(6-8-14)20(21,22)23/h4-9,11H,3,10,24-25H2,1-2H3,(H,26,29). The van der Waals surface area contributed by atoms with Crippen molar-refractivity contribution in [3.8, 4) is 5.69 Å². The molecule has 0 atom stereocenters. The van der Waals surface area contributed by atoms with Gasteiger partial charge in [-0.05, 0) is 48.9 Å². The lowest BCUT2D eigenvalue weighted by atomic mass is 10.1. The van der Waals surface area contributed by atoms with E-state index in [0.717, 1.165) is 18.6 Å². The molecular weight excluding hydrogens is 383 g/mol. The number of fused-ring (bicyclic) bond motifs is 1. The van der Waals surface area contributed by atoms with Gasteiger partial charge in [0.05, 0.1) is 16.8 Å². The summed E-state index contributed by atoms with van der Waals surface area (Å²) in [6.07, 6.45) is -3.62. The molecule has 9 heteroatoms. The van der Waals surface area contributed by atoms with Crippen LogP contribution in [0.15, 0.2) is 42.5 Å². The van der Waals surface area contributed by atoms with Gasteiger partial charge in [0.25, 0.3) is 5.91 Å². The lowest BCUT2D eigenvalue weighted by Crippen LogP contribution is -2.28. The maximum absolute atomic E-state index is 12.9. The molecule has 5 N–H and O–H groups in total. The van der Waals surface area contributed by atoms with Gasteiger partial charge in [-0.1, -0.05) is 6.92 Å². The first-order valence-corrected chi connectivity index (χ1v) is 9.03. The molecule has 1 heterocycles. The molecule has 0 aliphatic carbocycles. The molecule has 6 nitrogen and oxygen atoms in total. The number of nitrogen functional groups attached to an aromatic ring is 1. The first-order chi connectivity index (χ1) is 13.6. The molecule has 0 saturated carbocycles. The van der Waals surface area contributed by atoms with E-state index >= 15 is 0 Å². The molecule has 0 radical (unpaired) electrons. The summed E-state index contributed by atoms with van der Waals surface area (Å²) >= 11 is 0. The first kappa shape index (κ1) is 20.5. The van der Waals surface area contributed by atoms with Gasteiger partial charge in [0, 0.05) is 30.2 Å². The van der Waals surface area contributed by atoms with Gasteiger partial charge in [-0.3, -0.25) is 14.4 Å². The number of halogens is 3. The van der Waals surface area contributed by atoms with E-state index in [1.54, 1.807) is 29.8 Å². The number of nitrogens with zero attached hydrogens (tertiary/aromatic N) is 2. The number of hydrazine groups is 1. The number of nitrogens with two attached hydrogens (primary N) is 2. The number of aromatic nitrogens is 1. The summed E-state index contributed by atoms with van der Waals surface area (Å²) in [5, 5.41) is 4.68. The third-order valence-electron chi connectivity index (χ3n) is 4.56.